The molecule has 7 rings (SSSR count). The van der Waals surface area contributed by atoms with E-state index in [9.17, 15) is 10.0 Å². The van der Waals surface area contributed by atoms with Gasteiger partial charge in [-0.2, -0.15) is 0 Å². The molecule has 0 aliphatic rings. The van der Waals surface area contributed by atoms with Crippen LogP contribution < -0.4 is 10.4 Å². The van der Waals surface area contributed by atoms with E-state index in [1.807, 2.05) is 60.7 Å². The predicted octanol–water partition coefficient (Wildman–Crippen LogP) is 8.07. The lowest BCUT2D eigenvalue weighted by atomic mass is 9.80. The van der Waals surface area contributed by atoms with Gasteiger partial charge in [0.25, 0.3) is 0 Å². The molecule has 0 fully saturated rings. The number of hydrogen-bond acceptors (Lipinski definition) is 4. The van der Waals surface area contributed by atoms with Crippen LogP contribution in [0.4, 0.5) is 17.1 Å². The van der Waals surface area contributed by atoms with Gasteiger partial charge in [-0.3, -0.25) is 0 Å². The van der Waals surface area contributed by atoms with Crippen molar-refractivity contribution in [2.24, 2.45) is 0 Å². The van der Waals surface area contributed by atoms with E-state index in [2.05, 4.69) is 77.7 Å². The molecule has 0 bridgehead atoms. The highest BCUT2D eigenvalue weighted by atomic mass is 16.4. The molecule has 0 atom stereocenters. The van der Waals surface area contributed by atoms with Crippen LogP contribution in [0.3, 0.4) is 0 Å². The zero-order chi connectivity index (χ0) is 27.8. The quantitative estimate of drug-likeness (QED) is 0.213. The average Bonchev–Trinajstić information content (AvgIpc) is 3.42. The van der Waals surface area contributed by atoms with Gasteiger partial charge >= 0.3 is 7.12 Å². The van der Waals surface area contributed by atoms with Crippen molar-refractivity contribution in [3.05, 3.63) is 146 Å². The van der Waals surface area contributed by atoms with E-state index in [0.29, 0.717) is 5.46 Å². The van der Waals surface area contributed by atoms with E-state index in [-0.39, 0.29) is 0 Å². The summed E-state index contributed by atoms with van der Waals surface area (Å²) in [5, 5.41) is 21.5. The van der Waals surface area contributed by atoms with E-state index < -0.39 is 7.12 Å². The summed E-state index contributed by atoms with van der Waals surface area (Å²) in [7, 11) is -1.51. The molecule has 0 saturated carbocycles. The Balaban J connectivity index is 1.30. The second kappa shape index (κ2) is 10.5. The first-order valence-corrected chi connectivity index (χ1v) is 13.6. The van der Waals surface area contributed by atoms with Gasteiger partial charge in [-0.05, 0) is 76.2 Å². The normalized spacial score (nSPS) is 11.2. The molecule has 0 aliphatic carbocycles. The first kappa shape index (κ1) is 24.9. The molecule has 0 radical (unpaired) electrons. The minimum absolute atomic E-state index is 0.448. The van der Waals surface area contributed by atoms with Crippen molar-refractivity contribution in [1.29, 1.82) is 0 Å². The van der Waals surface area contributed by atoms with Gasteiger partial charge in [-0.15, -0.1) is 0 Å². The number of anilines is 3. The van der Waals surface area contributed by atoms with Crippen LogP contribution in [-0.2, 0) is 0 Å². The zero-order valence-electron chi connectivity index (χ0n) is 22.2. The standard InChI is InChI=1S/C36H26BNO3/c39-37(40)28-17-23-31(24-18-28)38(29-19-13-26(14-20-29)25-7-2-1-3-8-25)30-21-15-27(16-22-30)32-10-6-12-35-36(32)33-9-4-5-11-34(33)41-35/h1-24,39-40H. The lowest BCUT2D eigenvalue weighted by molar-refractivity contribution is 0.426. The molecule has 0 spiro atoms. The summed E-state index contributed by atoms with van der Waals surface area (Å²) in [4.78, 5) is 2.17. The molecule has 196 valence electrons. The van der Waals surface area contributed by atoms with E-state index in [4.69, 9.17) is 4.42 Å². The fraction of sp³-hybridized carbons (Fsp3) is 0. The zero-order valence-corrected chi connectivity index (χ0v) is 22.2. The summed E-state index contributed by atoms with van der Waals surface area (Å²) in [5.41, 5.74) is 9.64. The molecule has 2 N–H and O–H groups in total. The number of nitrogens with zero attached hydrogens (tertiary/aromatic N) is 1. The number of benzene rings is 6. The second-order valence-corrected chi connectivity index (χ2v) is 10.0. The Labute approximate surface area is 238 Å². The molecule has 0 unspecified atom stereocenters. The Kier molecular flexibility index (Phi) is 6.36. The first-order valence-electron chi connectivity index (χ1n) is 13.6. The van der Waals surface area contributed by atoms with Gasteiger partial charge in [0.1, 0.15) is 11.2 Å². The van der Waals surface area contributed by atoms with Gasteiger partial charge in [-0.1, -0.05) is 97.1 Å². The fourth-order valence-corrected chi connectivity index (χ4v) is 5.48. The lowest BCUT2D eigenvalue weighted by Gasteiger charge is -2.26. The van der Waals surface area contributed by atoms with Gasteiger partial charge in [-0.25, -0.2) is 0 Å². The van der Waals surface area contributed by atoms with Gasteiger partial charge in [0.05, 0.1) is 0 Å². The highest BCUT2D eigenvalue weighted by Crippen LogP contribution is 2.39. The van der Waals surface area contributed by atoms with Crippen molar-refractivity contribution in [3.63, 3.8) is 0 Å². The number of rotatable bonds is 6. The second-order valence-electron chi connectivity index (χ2n) is 10.0. The highest BCUT2D eigenvalue weighted by Gasteiger charge is 2.17. The average molecular weight is 531 g/mol. The Morgan fingerprint density at radius 3 is 1.66 bits per heavy atom. The van der Waals surface area contributed by atoms with E-state index >= 15 is 0 Å². The number of para-hydroxylation sites is 1. The van der Waals surface area contributed by atoms with E-state index in [1.54, 1.807) is 12.1 Å². The van der Waals surface area contributed by atoms with Crippen molar-refractivity contribution < 1.29 is 14.5 Å². The Hall–Kier alpha value is -5.10. The predicted molar refractivity (Wildman–Crippen MR) is 169 cm³/mol. The maximum absolute atomic E-state index is 9.63. The van der Waals surface area contributed by atoms with Crippen molar-refractivity contribution in [2.45, 2.75) is 0 Å². The minimum atomic E-state index is -1.51. The molecule has 41 heavy (non-hydrogen) atoms. The van der Waals surface area contributed by atoms with Crippen molar-refractivity contribution in [1.82, 2.24) is 0 Å². The molecule has 6 aromatic carbocycles. The minimum Gasteiger partial charge on any atom is -0.456 e. The van der Waals surface area contributed by atoms with Crippen molar-refractivity contribution in [3.8, 4) is 22.3 Å². The third kappa shape index (κ3) is 4.68. The Morgan fingerprint density at radius 2 is 1.00 bits per heavy atom. The summed E-state index contributed by atoms with van der Waals surface area (Å²) < 4.78 is 6.12. The van der Waals surface area contributed by atoms with Crippen LogP contribution in [0, 0.1) is 0 Å². The molecule has 1 heterocycles. The molecule has 1 aromatic heterocycles. The fourth-order valence-electron chi connectivity index (χ4n) is 5.48. The van der Waals surface area contributed by atoms with Crippen LogP contribution in [0.1, 0.15) is 0 Å². The highest BCUT2D eigenvalue weighted by molar-refractivity contribution is 6.58. The molecule has 4 nitrogen and oxygen atoms in total. The van der Waals surface area contributed by atoms with Crippen LogP contribution in [0.25, 0.3) is 44.2 Å². The molecule has 0 amide bonds. The Bertz CT molecular complexity index is 1950. The van der Waals surface area contributed by atoms with E-state index in [1.165, 1.54) is 0 Å². The van der Waals surface area contributed by atoms with Crippen LogP contribution in [0.5, 0.6) is 0 Å². The summed E-state index contributed by atoms with van der Waals surface area (Å²) >= 11 is 0. The molecular weight excluding hydrogens is 505 g/mol. The van der Waals surface area contributed by atoms with Crippen molar-refractivity contribution >= 4 is 51.6 Å². The van der Waals surface area contributed by atoms with Gasteiger partial charge in [0.15, 0.2) is 0 Å². The molecule has 0 aliphatic heterocycles. The lowest BCUT2D eigenvalue weighted by Crippen LogP contribution is -2.29. The van der Waals surface area contributed by atoms with Crippen LogP contribution in [-0.4, -0.2) is 17.2 Å². The number of fused-ring (bicyclic) bond motifs is 3. The van der Waals surface area contributed by atoms with Crippen LogP contribution >= 0.6 is 0 Å². The maximum Gasteiger partial charge on any atom is 0.488 e. The smallest absolute Gasteiger partial charge is 0.456 e. The molecule has 7 aromatic rings. The maximum atomic E-state index is 9.63. The third-order valence-corrected chi connectivity index (χ3v) is 7.52. The van der Waals surface area contributed by atoms with E-state index in [0.717, 1.165) is 61.3 Å². The largest absolute Gasteiger partial charge is 0.488 e. The van der Waals surface area contributed by atoms with Gasteiger partial charge in [0.2, 0.25) is 0 Å². The van der Waals surface area contributed by atoms with Gasteiger partial charge in [0, 0.05) is 27.8 Å². The summed E-state index contributed by atoms with van der Waals surface area (Å²) in [5.74, 6) is 0. The number of furan rings is 1. The monoisotopic (exact) mass is 531 g/mol. The van der Waals surface area contributed by atoms with Gasteiger partial charge < -0.3 is 19.4 Å². The number of hydrogen-bond donors (Lipinski definition) is 2. The topological polar surface area (TPSA) is 56.8 Å². The molecule has 5 heteroatoms. The molecule has 0 saturated heterocycles. The van der Waals surface area contributed by atoms with Crippen molar-refractivity contribution in [2.75, 3.05) is 4.90 Å². The first-order chi connectivity index (χ1) is 20.2. The summed E-state index contributed by atoms with van der Waals surface area (Å²) in [6.07, 6.45) is 0. The Morgan fingerprint density at radius 1 is 0.463 bits per heavy atom. The molecular formula is C36H26BNO3. The van der Waals surface area contributed by atoms with Crippen LogP contribution in [0.2, 0.25) is 0 Å². The SMILES string of the molecule is OB(O)c1ccc(N(c2ccc(-c3ccccc3)cc2)c2ccc(-c3cccc4oc5ccccc5c34)cc2)cc1. The van der Waals surface area contributed by atoms with Crippen LogP contribution in [0.15, 0.2) is 150 Å². The summed E-state index contributed by atoms with van der Waals surface area (Å²) in [6, 6.07) is 49.0. The third-order valence-electron chi connectivity index (χ3n) is 7.52. The summed E-state index contributed by atoms with van der Waals surface area (Å²) in [6.45, 7) is 0.